The molecule has 0 aliphatic heterocycles. The molecule has 0 saturated carbocycles. The second kappa shape index (κ2) is 8.94. The molecule has 0 heterocycles. The summed E-state index contributed by atoms with van der Waals surface area (Å²) in [7, 11) is 0. The summed E-state index contributed by atoms with van der Waals surface area (Å²) in [6.07, 6.45) is 3.12. The van der Waals surface area contributed by atoms with Gasteiger partial charge in [-0.2, -0.15) is 0 Å². The van der Waals surface area contributed by atoms with Crippen molar-refractivity contribution in [1.82, 2.24) is 0 Å². The van der Waals surface area contributed by atoms with E-state index in [1.165, 1.54) is 11.1 Å². The van der Waals surface area contributed by atoms with Gasteiger partial charge in [-0.3, -0.25) is 0 Å². The maximum absolute atomic E-state index is 5.87. The van der Waals surface area contributed by atoms with Gasteiger partial charge in [-0.1, -0.05) is 31.0 Å². The van der Waals surface area contributed by atoms with Crippen molar-refractivity contribution in [2.24, 2.45) is 5.73 Å². The largest absolute Gasteiger partial charge is 0.491 e. The van der Waals surface area contributed by atoms with E-state index in [1.807, 2.05) is 13.0 Å². The fourth-order valence-corrected chi connectivity index (χ4v) is 1.91. The second-order valence-corrected chi connectivity index (χ2v) is 5.11. The lowest BCUT2D eigenvalue weighted by atomic mass is 10.0. The molecular weight excluding hydrogens is 238 g/mol. The van der Waals surface area contributed by atoms with Gasteiger partial charge in [0.1, 0.15) is 12.4 Å². The first-order valence-electron chi connectivity index (χ1n) is 7.19. The maximum atomic E-state index is 5.87. The lowest BCUT2D eigenvalue weighted by Crippen LogP contribution is -2.18. The summed E-state index contributed by atoms with van der Waals surface area (Å²) in [6.45, 7) is 8.32. The molecule has 0 bridgehead atoms. The Morgan fingerprint density at radius 3 is 2.68 bits per heavy atom. The third-order valence-electron chi connectivity index (χ3n) is 2.89. The molecule has 0 fully saturated rings. The van der Waals surface area contributed by atoms with Gasteiger partial charge in [0.05, 0.1) is 6.61 Å². The first-order chi connectivity index (χ1) is 9.13. The summed E-state index contributed by atoms with van der Waals surface area (Å²) in [6, 6.07) is 6.39. The van der Waals surface area contributed by atoms with E-state index in [1.54, 1.807) is 0 Å². The predicted octanol–water partition coefficient (Wildman–Crippen LogP) is 3.08. The molecule has 108 valence electrons. The highest BCUT2D eigenvalue weighted by molar-refractivity contribution is 5.37. The zero-order valence-electron chi connectivity index (χ0n) is 12.4. The van der Waals surface area contributed by atoms with E-state index in [0.29, 0.717) is 13.2 Å². The third kappa shape index (κ3) is 6.60. The van der Waals surface area contributed by atoms with Gasteiger partial charge in [0, 0.05) is 12.6 Å². The Morgan fingerprint density at radius 1 is 1.21 bits per heavy atom. The van der Waals surface area contributed by atoms with Crippen LogP contribution in [-0.2, 0) is 11.2 Å². The van der Waals surface area contributed by atoms with Crippen molar-refractivity contribution in [3.8, 4) is 5.75 Å². The molecule has 1 rings (SSSR count). The molecule has 1 atom stereocenters. The Labute approximate surface area is 117 Å². The smallest absolute Gasteiger partial charge is 0.122 e. The first-order valence-corrected chi connectivity index (χ1v) is 7.19. The molecule has 3 nitrogen and oxygen atoms in total. The highest BCUT2D eigenvalue weighted by Crippen LogP contribution is 2.21. The molecular formula is C16H27NO2. The minimum atomic E-state index is 0.143. The van der Waals surface area contributed by atoms with Gasteiger partial charge in [-0.15, -0.1) is 0 Å². The molecule has 0 spiro atoms. The van der Waals surface area contributed by atoms with Gasteiger partial charge >= 0.3 is 0 Å². The number of unbranched alkanes of at least 4 members (excludes halogenated alkanes) is 1. The van der Waals surface area contributed by atoms with Crippen LogP contribution in [0.5, 0.6) is 5.75 Å². The Balaban J connectivity index is 2.43. The van der Waals surface area contributed by atoms with Crippen molar-refractivity contribution in [3.63, 3.8) is 0 Å². The Kier molecular flexibility index (Phi) is 7.53. The van der Waals surface area contributed by atoms with Crippen LogP contribution in [0.15, 0.2) is 18.2 Å². The normalized spacial score (nSPS) is 12.4. The van der Waals surface area contributed by atoms with Crippen LogP contribution in [-0.4, -0.2) is 25.9 Å². The minimum Gasteiger partial charge on any atom is -0.491 e. The van der Waals surface area contributed by atoms with Crippen molar-refractivity contribution < 1.29 is 9.47 Å². The number of rotatable bonds is 9. The molecule has 0 aliphatic rings. The van der Waals surface area contributed by atoms with Gasteiger partial charge in [0.25, 0.3) is 0 Å². The fourth-order valence-electron chi connectivity index (χ4n) is 1.91. The highest BCUT2D eigenvalue weighted by atomic mass is 16.5. The zero-order chi connectivity index (χ0) is 14.1. The van der Waals surface area contributed by atoms with Gasteiger partial charge in [0.15, 0.2) is 0 Å². The lowest BCUT2D eigenvalue weighted by molar-refractivity contribution is 0.0977. The average Bonchev–Trinajstić information content (AvgIpc) is 2.35. The molecule has 1 unspecified atom stereocenters. The van der Waals surface area contributed by atoms with Crippen molar-refractivity contribution >= 4 is 0 Å². The van der Waals surface area contributed by atoms with Gasteiger partial charge in [0.2, 0.25) is 0 Å². The number of aryl methyl sites for hydroxylation is 1. The van der Waals surface area contributed by atoms with Crippen molar-refractivity contribution in [2.45, 2.75) is 46.1 Å². The molecule has 2 N–H and O–H groups in total. The van der Waals surface area contributed by atoms with Crippen molar-refractivity contribution in [1.29, 1.82) is 0 Å². The fraction of sp³-hybridized carbons (Fsp3) is 0.625. The van der Waals surface area contributed by atoms with E-state index in [0.717, 1.165) is 31.6 Å². The van der Waals surface area contributed by atoms with Crippen LogP contribution in [0.2, 0.25) is 0 Å². The molecule has 0 aromatic heterocycles. The average molecular weight is 265 g/mol. The summed E-state index contributed by atoms with van der Waals surface area (Å²) in [4.78, 5) is 0. The second-order valence-electron chi connectivity index (χ2n) is 5.11. The zero-order valence-corrected chi connectivity index (χ0v) is 12.4. The lowest BCUT2D eigenvalue weighted by Gasteiger charge is -2.14. The molecule has 0 amide bonds. The molecule has 0 aliphatic carbocycles. The summed E-state index contributed by atoms with van der Waals surface area (Å²) in [5, 5.41) is 0. The van der Waals surface area contributed by atoms with E-state index in [4.69, 9.17) is 15.2 Å². The van der Waals surface area contributed by atoms with Gasteiger partial charge in [-0.05, 0) is 38.3 Å². The predicted molar refractivity (Wildman–Crippen MR) is 79.8 cm³/mol. The maximum Gasteiger partial charge on any atom is 0.122 e. The van der Waals surface area contributed by atoms with Crippen LogP contribution in [0.25, 0.3) is 0 Å². The Bertz CT molecular complexity index is 364. The van der Waals surface area contributed by atoms with E-state index in [-0.39, 0.29) is 6.04 Å². The quantitative estimate of drug-likeness (QED) is 0.698. The van der Waals surface area contributed by atoms with Crippen LogP contribution >= 0.6 is 0 Å². The number of nitrogens with two attached hydrogens (primary N) is 1. The minimum absolute atomic E-state index is 0.143. The summed E-state index contributed by atoms with van der Waals surface area (Å²) < 4.78 is 11.3. The summed E-state index contributed by atoms with van der Waals surface area (Å²) in [5.41, 5.74) is 8.29. The topological polar surface area (TPSA) is 44.5 Å². The standard InChI is InChI=1S/C16H27NO2/c1-4-5-8-18-9-10-19-16-7-6-13(2)11-15(16)12-14(3)17/h6-7,11,14H,4-5,8-10,12,17H2,1-3H3. The molecule has 1 aromatic carbocycles. The number of ether oxygens (including phenoxy) is 2. The van der Waals surface area contributed by atoms with Gasteiger partial charge in [-0.25, -0.2) is 0 Å². The van der Waals surface area contributed by atoms with Crippen LogP contribution in [0.4, 0.5) is 0 Å². The number of hydrogen-bond donors (Lipinski definition) is 1. The van der Waals surface area contributed by atoms with Crippen LogP contribution < -0.4 is 10.5 Å². The van der Waals surface area contributed by atoms with E-state index >= 15 is 0 Å². The molecule has 3 heteroatoms. The highest BCUT2D eigenvalue weighted by Gasteiger charge is 2.06. The van der Waals surface area contributed by atoms with Crippen LogP contribution in [0.3, 0.4) is 0 Å². The number of benzene rings is 1. The van der Waals surface area contributed by atoms with Crippen molar-refractivity contribution in [3.05, 3.63) is 29.3 Å². The SMILES string of the molecule is CCCCOCCOc1ccc(C)cc1CC(C)N. The molecule has 0 saturated heterocycles. The number of hydrogen-bond acceptors (Lipinski definition) is 3. The van der Waals surface area contributed by atoms with Crippen molar-refractivity contribution in [2.75, 3.05) is 19.8 Å². The Hall–Kier alpha value is -1.06. The van der Waals surface area contributed by atoms with Crippen LogP contribution in [0, 0.1) is 6.92 Å². The first kappa shape index (κ1) is 16.0. The van der Waals surface area contributed by atoms with E-state index < -0.39 is 0 Å². The Morgan fingerprint density at radius 2 is 2.00 bits per heavy atom. The van der Waals surface area contributed by atoms with Gasteiger partial charge < -0.3 is 15.2 Å². The van der Waals surface area contributed by atoms with E-state index in [2.05, 4.69) is 26.0 Å². The molecule has 1 aromatic rings. The molecule has 0 radical (unpaired) electrons. The monoisotopic (exact) mass is 265 g/mol. The molecule has 19 heavy (non-hydrogen) atoms. The summed E-state index contributed by atoms with van der Waals surface area (Å²) in [5.74, 6) is 0.932. The van der Waals surface area contributed by atoms with Crippen LogP contribution in [0.1, 0.15) is 37.8 Å². The van der Waals surface area contributed by atoms with E-state index in [9.17, 15) is 0 Å². The summed E-state index contributed by atoms with van der Waals surface area (Å²) >= 11 is 0. The third-order valence-corrected chi connectivity index (χ3v) is 2.89.